The van der Waals surface area contributed by atoms with Crippen molar-refractivity contribution in [2.24, 2.45) is 7.05 Å². The molecule has 2 aromatic rings. The summed E-state index contributed by atoms with van der Waals surface area (Å²) in [6.07, 6.45) is 4.08. The lowest BCUT2D eigenvalue weighted by Crippen LogP contribution is -2.29. The molecule has 0 unspecified atom stereocenters. The van der Waals surface area contributed by atoms with E-state index in [1.54, 1.807) is 36.1 Å². The summed E-state index contributed by atoms with van der Waals surface area (Å²) in [6, 6.07) is 1.88. The number of rotatable bonds is 4. The highest BCUT2D eigenvalue weighted by atomic mass is 16.5. The maximum atomic E-state index is 13.0. The van der Waals surface area contributed by atoms with E-state index < -0.39 is 0 Å². The van der Waals surface area contributed by atoms with Gasteiger partial charge in [0.15, 0.2) is 5.69 Å². The SMILES string of the molecule is COc1cncc(CN(C)C(=O)c2nn(C)c3c2C[C@H](C)O[C@@H]3C)c1. The minimum atomic E-state index is -0.0963. The third-order valence-electron chi connectivity index (χ3n) is 4.48. The van der Waals surface area contributed by atoms with Crippen LogP contribution in [0.25, 0.3) is 0 Å². The number of amides is 1. The number of ether oxygens (including phenoxy) is 2. The second kappa shape index (κ2) is 6.84. The van der Waals surface area contributed by atoms with Gasteiger partial charge in [-0.3, -0.25) is 14.5 Å². The Kier molecular flexibility index (Phi) is 4.76. The van der Waals surface area contributed by atoms with Gasteiger partial charge < -0.3 is 14.4 Å². The fourth-order valence-electron chi connectivity index (χ4n) is 3.40. The van der Waals surface area contributed by atoms with Gasteiger partial charge in [-0.05, 0) is 25.5 Å². The van der Waals surface area contributed by atoms with E-state index in [0.717, 1.165) is 16.8 Å². The fraction of sp³-hybridized carbons (Fsp3) is 0.500. The van der Waals surface area contributed by atoms with E-state index in [4.69, 9.17) is 9.47 Å². The van der Waals surface area contributed by atoms with E-state index >= 15 is 0 Å². The van der Waals surface area contributed by atoms with Crippen molar-refractivity contribution in [3.05, 3.63) is 41.0 Å². The lowest BCUT2D eigenvalue weighted by Gasteiger charge is -2.26. The Morgan fingerprint density at radius 1 is 1.44 bits per heavy atom. The van der Waals surface area contributed by atoms with Crippen LogP contribution in [0, 0.1) is 0 Å². The molecular weight excluding hydrogens is 320 g/mol. The molecule has 2 aromatic heterocycles. The van der Waals surface area contributed by atoms with Gasteiger partial charge in [0.05, 0.1) is 31.2 Å². The van der Waals surface area contributed by atoms with Crippen LogP contribution in [0.1, 0.15) is 47.3 Å². The van der Waals surface area contributed by atoms with E-state index in [-0.39, 0.29) is 18.1 Å². The molecule has 0 fully saturated rings. The highest BCUT2D eigenvalue weighted by Crippen LogP contribution is 2.32. The molecule has 7 nitrogen and oxygen atoms in total. The van der Waals surface area contributed by atoms with E-state index in [9.17, 15) is 4.79 Å². The van der Waals surface area contributed by atoms with Crippen molar-refractivity contribution in [2.75, 3.05) is 14.2 Å². The van der Waals surface area contributed by atoms with Crippen molar-refractivity contribution in [3.63, 3.8) is 0 Å². The number of hydrogen-bond acceptors (Lipinski definition) is 5. The van der Waals surface area contributed by atoms with E-state index in [0.29, 0.717) is 24.4 Å². The predicted octanol–water partition coefficient (Wildman–Crippen LogP) is 2.12. The Balaban J connectivity index is 1.84. The van der Waals surface area contributed by atoms with Crippen LogP contribution < -0.4 is 4.74 Å². The molecule has 0 saturated carbocycles. The van der Waals surface area contributed by atoms with Gasteiger partial charge in [-0.2, -0.15) is 5.10 Å². The normalized spacial score (nSPS) is 19.4. The molecule has 1 aliphatic rings. The minimum Gasteiger partial charge on any atom is -0.495 e. The molecule has 3 rings (SSSR count). The topological polar surface area (TPSA) is 69.5 Å². The Hall–Kier alpha value is -2.41. The van der Waals surface area contributed by atoms with Gasteiger partial charge in [-0.1, -0.05) is 0 Å². The first-order chi connectivity index (χ1) is 11.9. The summed E-state index contributed by atoms with van der Waals surface area (Å²) in [4.78, 5) is 18.8. The van der Waals surface area contributed by atoms with Crippen LogP contribution in [-0.4, -0.2) is 45.8 Å². The number of methoxy groups -OCH3 is 1. The first-order valence-electron chi connectivity index (χ1n) is 8.35. The smallest absolute Gasteiger partial charge is 0.274 e. The van der Waals surface area contributed by atoms with E-state index in [1.807, 2.05) is 27.0 Å². The number of carbonyl (C=O) groups is 1. The fourth-order valence-corrected chi connectivity index (χ4v) is 3.40. The number of hydrogen-bond donors (Lipinski definition) is 0. The molecule has 0 radical (unpaired) electrons. The van der Waals surface area contributed by atoms with Crippen LogP contribution >= 0.6 is 0 Å². The van der Waals surface area contributed by atoms with Gasteiger partial charge >= 0.3 is 0 Å². The molecule has 7 heteroatoms. The number of fused-ring (bicyclic) bond motifs is 1. The average Bonchev–Trinajstić information content (AvgIpc) is 2.91. The molecule has 0 saturated heterocycles. The standard InChI is InChI=1S/C18H24N4O3/c1-11-6-15-16(20-22(4)17(15)12(2)25-11)18(23)21(3)10-13-7-14(24-5)9-19-8-13/h7-9,11-12H,6,10H2,1-5H3/t11-,12+/m0/s1. The molecule has 134 valence electrons. The second-order valence-electron chi connectivity index (χ2n) is 6.52. The predicted molar refractivity (Wildman–Crippen MR) is 92.5 cm³/mol. The van der Waals surface area contributed by atoms with Crippen LogP contribution in [0.3, 0.4) is 0 Å². The van der Waals surface area contributed by atoms with Crippen LogP contribution in [0.5, 0.6) is 5.75 Å². The number of nitrogens with zero attached hydrogens (tertiary/aromatic N) is 4. The summed E-state index contributed by atoms with van der Waals surface area (Å²) < 4.78 is 12.8. The van der Waals surface area contributed by atoms with Gasteiger partial charge in [0.2, 0.25) is 0 Å². The Labute approximate surface area is 147 Å². The molecule has 0 bridgehead atoms. The van der Waals surface area contributed by atoms with Crippen molar-refractivity contribution < 1.29 is 14.3 Å². The Morgan fingerprint density at radius 2 is 2.20 bits per heavy atom. The van der Waals surface area contributed by atoms with Crippen molar-refractivity contribution in [1.82, 2.24) is 19.7 Å². The van der Waals surface area contributed by atoms with Crippen molar-refractivity contribution >= 4 is 5.91 Å². The molecule has 1 amide bonds. The summed E-state index contributed by atoms with van der Waals surface area (Å²) in [5, 5.41) is 4.48. The maximum Gasteiger partial charge on any atom is 0.274 e. The van der Waals surface area contributed by atoms with Crippen LogP contribution in [0.2, 0.25) is 0 Å². The maximum absolute atomic E-state index is 13.0. The zero-order valence-corrected chi connectivity index (χ0v) is 15.3. The van der Waals surface area contributed by atoms with Gasteiger partial charge in [-0.15, -0.1) is 0 Å². The summed E-state index contributed by atoms with van der Waals surface area (Å²) in [5.41, 5.74) is 3.40. The van der Waals surface area contributed by atoms with Crippen LogP contribution in [0.15, 0.2) is 18.5 Å². The quantitative estimate of drug-likeness (QED) is 0.850. The molecule has 3 heterocycles. The molecule has 2 atom stereocenters. The summed E-state index contributed by atoms with van der Waals surface area (Å²) in [7, 11) is 5.23. The molecule has 1 aliphatic heterocycles. The lowest BCUT2D eigenvalue weighted by atomic mass is 9.99. The van der Waals surface area contributed by atoms with Crippen molar-refractivity contribution in [1.29, 1.82) is 0 Å². The zero-order chi connectivity index (χ0) is 18.1. The van der Waals surface area contributed by atoms with Crippen LogP contribution in [0.4, 0.5) is 0 Å². The highest BCUT2D eigenvalue weighted by Gasteiger charge is 2.32. The van der Waals surface area contributed by atoms with Gasteiger partial charge in [0.1, 0.15) is 5.75 Å². The summed E-state index contributed by atoms with van der Waals surface area (Å²) >= 11 is 0. The summed E-state index contributed by atoms with van der Waals surface area (Å²) in [5.74, 6) is 0.578. The number of pyridine rings is 1. The third kappa shape index (κ3) is 3.37. The second-order valence-corrected chi connectivity index (χ2v) is 6.52. The van der Waals surface area contributed by atoms with Crippen LogP contribution in [-0.2, 0) is 24.8 Å². The average molecular weight is 344 g/mol. The molecule has 0 spiro atoms. The number of aryl methyl sites for hydroxylation is 1. The van der Waals surface area contributed by atoms with E-state index in [1.165, 1.54) is 0 Å². The first kappa shape index (κ1) is 17.4. The molecule has 0 N–H and O–H groups in total. The van der Waals surface area contributed by atoms with E-state index in [2.05, 4.69) is 10.1 Å². The molecular formula is C18H24N4O3. The van der Waals surface area contributed by atoms with Crippen molar-refractivity contribution in [3.8, 4) is 5.75 Å². The molecule has 0 aliphatic carbocycles. The first-order valence-corrected chi connectivity index (χ1v) is 8.35. The largest absolute Gasteiger partial charge is 0.495 e. The Morgan fingerprint density at radius 3 is 2.92 bits per heavy atom. The number of aromatic nitrogens is 3. The van der Waals surface area contributed by atoms with Gasteiger partial charge in [0.25, 0.3) is 5.91 Å². The minimum absolute atomic E-state index is 0.0642. The van der Waals surface area contributed by atoms with Gasteiger partial charge in [0, 0.05) is 38.8 Å². The number of carbonyl (C=O) groups excluding carboxylic acids is 1. The Bertz CT molecular complexity index is 787. The zero-order valence-electron chi connectivity index (χ0n) is 15.3. The van der Waals surface area contributed by atoms with Crippen molar-refractivity contribution in [2.45, 2.75) is 39.0 Å². The highest BCUT2D eigenvalue weighted by molar-refractivity contribution is 5.94. The molecule has 25 heavy (non-hydrogen) atoms. The van der Waals surface area contributed by atoms with Gasteiger partial charge in [-0.25, -0.2) is 0 Å². The lowest BCUT2D eigenvalue weighted by molar-refractivity contribution is -0.00906. The summed E-state index contributed by atoms with van der Waals surface area (Å²) in [6.45, 7) is 4.46. The molecule has 0 aromatic carbocycles. The third-order valence-corrected chi connectivity index (χ3v) is 4.48. The monoisotopic (exact) mass is 344 g/mol.